The summed E-state index contributed by atoms with van der Waals surface area (Å²) in [5, 5.41) is 5.95. The van der Waals surface area contributed by atoms with Gasteiger partial charge in [0.25, 0.3) is 5.43 Å². The van der Waals surface area contributed by atoms with Gasteiger partial charge in [0, 0.05) is 12.5 Å². The number of ketones is 1. The van der Waals surface area contributed by atoms with E-state index in [0.717, 1.165) is 19.1 Å². The summed E-state index contributed by atoms with van der Waals surface area (Å²) in [6.45, 7) is 1.16. The van der Waals surface area contributed by atoms with Crippen LogP contribution in [-0.2, 0) is 0 Å². The van der Waals surface area contributed by atoms with Crippen LogP contribution in [0.5, 0.6) is 5.75 Å². The van der Waals surface area contributed by atoms with E-state index >= 15 is 0 Å². The van der Waals surface area contributed by atoms with Crippen molar-refractivity contribution in [1.29, 1.82) is 0 Å². The molecule has 0 aliphatic rings. The molecule has 0 amide bonds. The lowest BCUT2D eigenvalue weighted by Crippen LogP contribution is -2.19. The summed E-state index contributed by atoms with van der Waals surface area (Å²) < 4.78 is 32.4. The van der Waals surface area contributed by atoms with E-state index in [4.69, 9.17) is 4.74 Å². The van der Waals surface area contributed by atoms with Crippen LogP contribution in [0.4, 0.5) is 8.78 Å². The van der Waals surface area contributed by atoms with E-state index in [0.29, 0.717) is 0 Å². The molecule has 0 saturated carbocycles. The Balaban J connectivity index is 2.76. The largest absolute Gasteiger partial charge is 0.491 e. The Morgan fingerprint density at radius 3 is 2.57 bits per heavy atom. The van der Waals surface area contributed by atoms with Gasteiger partial charge < -0.3 is 4.74 Å². The highest BCUT2D eigenvalue weighted by atomic mass is 79.9. The van der Waals surface area contributed by atoms with Crippen LogP contribution in [-0.4, -0.2) is 23.1 Å². The fourth-order valence-electron chi connectivity index (χ4n) is 1.76. The molecule has 0 saturated heterocycles. The lowest BCUT2D eigenvalue weighted by molar-refractivity contribution is 0.101. The Morgan fingerprint density at radius 2 is 2.00 bits per heavy atom. The first-order valence-corrected chi connectivity index (χ1v) is 6.48. The summed E-state index contributed by atoms with van der Waals surface area (Å²) in [5.74, 6) is -2.38. The highest BCUT2D eigenvalue weighted by Gasteiger charge is 2.21. The van der Waals surface area contributed by atoms with Gasteiger partial charge in [0.05, 0.1) is 11.6 Å². The number of halogens is 3. The average molecular weight is 359 g/mol. The zero-order valence-electron chi connectivity index (χ0n) is 11.0. The number of nitrogens with one attached hydrogen (secondary N) is 1. The summed E-state index contributed by atoms with van der Waals surface area (Å²) in [4.78, 5) is 23.3. The topological polar surface area (TPSA) is 72.0 Å². The Labute approximate surface area is 126 Å². The van der Waals surface area contributed by atoms with E-state index in [1.165, 1.54) is 7.11 Å². The number of ether oxygens (including phenoxy) is 1. The molecule has 0 spiro atoms. The molecule has 8 heteroatoms. The average Bonchev–Trinajstić information content (AvgIpc) is 2.42. The molecule has 2 rings (SSSR count). The van der Waals surface area contributed by atoms with Crippen molar-refractivity contribution in [3.8, 4) is 17.0 Å². The molecule has 0 radical (unpaired) electrons. The SMILES string of the molecule is COc1c(-c2cc(F)c(Br)cc2F)[nH]nc(C(C)=O)c1=O. The van der Waals surface area contributed by atoms with E-state index in [-0.39, 0.29) is 27.2 Å². The summed E-state index contributed by atoms with van der Waals surface area (Å²) >= 11 is 2.86. The van der Waals surface area contributed by atoms with Gasteiger partial charge >= 0.3 is 0 Å². The fourth-order valence-corrected chi connectivity index (χ4v) is 2.08. The van der Waals surface area contributed by atoms with Gasteiger partial charge in [0.1, 0.15) is 17.3 Å². The maximum Gasteiger partial charge on any atom is 0.253 e. The smallest absolute Gasteiger partial charge is 0.253 e. The van der Waals surface area contributed by atoms with E-state index in [1.807, 2.05) is 0 Å². The number of aromatic amines is 1. The number of carbonyl (C=O) groups is 1. The number of Topliss-reactive ketones (excluding diaryl/α,β-unsaturated/α-hetero) is 1. The number of benzene rings is 1. The van der Waals surface area contributed by atoms with Crippen molar-refractivity contribution in [2.75, 3.05) is 7.11 Å². The van der Waals surface area contributed by atoms with Gasteiger partial charge in [-0.05, 0) is 28.1 Å². The first-order chi connectivity index (χ1) is 9.86. The summed E-state index contributed by atoms with van der Waals surface area (Å²) in [5.41, 5.74) is -1.53. The molecule has 1 aromatic carbocycles. The summed E-state index contributed by atoms with van der Waals surface area (Å²) in [7, 11) is 1.19. The standard InChI is InChI=1S/C13H9BrF2N2O3/c1-5(19)10-12(20)13(21-2)11(18-17-10)6-3-9(16)7(14)4-8(6)15/h3-4H,1-2H3,(H,18,20). The van der Waals surface area contributed by atoms with Crippen LogP contribution in [0.15, 0.2) is 21.4 Å². The van der Waals surface area contributed by atoms with Crippen LogP contribution in [0.3, 0.4) is 0 Å². The van der Waals surface area contributed by atoms with Gasteiger partial charge in [-0.15, -0.1) is 0 Å². The first-order valence-electron chi connectivity index (χ1n) is 5.69. The molecule has 0 fully saturated rings. The number of nitrogens with zero attached hydrogens (tertiary/aromatic N) is 1. The molecule has 0 aliphatic carbocycles. The van der Waals surface area contributed by atoms with Gasteiger partial charge in [0.15, 0.2) is 17.2 Å². The van der Waals surface area contributed by atoms with Crippen LogP contribution < -0.4 is 10.2 Å². The van der Waals surface area contributed by atoms with Crippen LogP contribution in [0.1, 0.15) is 17.4 Å². The predicted octanol–water partition coefficient (Wildman–Crippen LogP) is 2.69. The van der Waals surface area contributed by atoms with Crippen molar-refractivity contribution in [2.24, 2.45) is 0 Å². The number of carbonyl (C=O) groups excluding carboxylic acids is 1. The lowest BCUT2D eigenvalue weighted by atomic mass is 10.1. The van der Waals surface area contributed by atoms with Crippen molar-refractivity contribution >= 4 is 21.7 Å². The molecule has 1 heterocycles. The number of rotatable bonds is 3. The molecule has 1 N–H and O–H groups in total. The minimum Gasteiger partial charge on any atom is -0.491 e. The molecule has 5 nitrogen and oxygen atoms in total. The monoisotopic (exact) mass is 358 g/mol. The van der Waals surface area contributed by atoms with E-state index < -0.39 is 22.8 Å². The zero-order valence-corrected chi connectivity index (χ0v) is 12.5. The number of aromatic nitrogens is 2. The number of hydrogen-bond acceptors (Lipinski definition) is 4. The van der Waals surface area contributed by atoms with Crippen molar-refractivity contribution in [2.45, 2.75) is 6.92 Å². The van der Waals surface area contributed by atoms with Gasteiger partial charge in [-0.25, -0.2) is 8.78 Å². The number of methoxy groups -OCH3 is 1. The highest BCUT2D eigenvalue weighted by Crippen LogP contribution is 2.30. The van der Waals surface area contributed by atoms with Crippen molar-refractivity contribution in [3.63, 3.8) is 0 Å². The van der Waals surface area contributed by atoms with Crippen LogP contribution >= 0.6 is 15.9 Å². The van der Waals surface area contributed by atoms with Gasteiger partial charge in [0.2, 0.25) is 0 Å². The Hall–Kier alpha value is -2.09. The Morgan fingerprint density at radius 1 is 1.33 bits per heavy atom. The minimum atomic E-state index is -0.790. The normalized spacial score (nSPS) is 10.5. The van der Waals surface area contributed by atoms with Crippen LogP contribution in [0.25, 0.3) is 11.3 Å². The van der Waals surface area contributed by atoms with E-state index in [9.17, 15) is 18.4 Å². The molecule has 21 heavy (non-hydrogen) atoms. The van der Waals surface area contributed by atoms with Crippen LogP contribution in [0, 0.1) is 11.6 Å². The third kappa shape index (κ3) is 2.71. The minimum absolute atomic E-state index is 0.0571. The maximum atomic E-state index is 14.0. The second-order valence-electron chi connectivity index (χ2n) is 4.11. The van der Waals surface area contributed by atoms with Crippen molar-refractivity contribution in [1.82, 2.24) is 10.2 Å². The van der Waals surface area contributed by atoms with Gasteiger partial charge in [-0.1, -0.05) is 0 Å². The summed E-state index contributed by atoms with van der Waals surface area (Å²) in [6.07, 6.45) is 0. The molecule has 2 aromatic rings. The second kappa shape index (κ2) is 5.72. The van der Waals surface area contributed by atoms with Crippen molar-refractivity contribution in [3.05, 3.63) is 44.2 Å². The van der Waals surface area contributed by atoms with Gasteiger partial charge in [-0.2, -0.15) is 5.10 Å². The second-order valence-corrected chi connectivity index (χ2v) is 4.97. The third-order valence-electron chi connectivity index (χ3n) is 2.74. The fraction of sp³-hybridized carbons (Fsp3) is 0.154. The van der Waals surface area contributed by atoms with Crippen molar-refractivity contribution < 1.29 is 18.3 Å². The Bertz CT molecular complexity index is 790. The molecular formula is C13H9BrF2N2O3. The predicted molar refractivity (Wildman–Crippen MR) is 74.5 cm³/mol. The summed E-state index contributed by atoms with van der Waals surface area (Å²) in [6, 6.07) is 1.81. The molecular weight excluding hydrogens is 350 g/mol. The first kappa shape index (κ1) is 15.3. The maximum absolute atomic E-state index is 14.0. The molecule has 1 aromatic heterocycles. The third-order valence-corrected chi connectivity index (χ3v) is 3.35. The molecule has 0 unspecified atom stereocenters. The Kier molecular flexibility index (Phi) is 4.17. The molecule has 110 valence electrons. The molecule has 0 atom stereocenters. The van der Waals surface area contributed by atoms with E-state index in [2.05, 4.69) is 26.1 Å². The number of hydrogen-bond donors (Lipinski definition) is 1. The number of H-pyrrole nitrogens is 1. The molecule has 0 aliphatic heterocycles. The van der Waals surface area contributed by atoms with Gasteiger partial charge in [-0.3, -0.25) is 14.7 Å². The highest BCUT2D eigenvalue weighted by molar-refractivity contribution is 9.10. The van der Waals surface area contributed by atoms with Crippen LogP contribution in [0.2, 0.25) is 0 Å². The quantitative estimate of drug-likeness (QED) is 0.676. The molecule has 0 bridgehead atoms. The lowest BCUT2D eigenvalue weighted by Gasteiger charge is -2.10. The van der Waals surface area contributed by atoms with E-state index in [1.54, 1.807) is 0 Å². The zero-order chi connectivity index (χ0) is 15.7.